The topological polar surface area (TPSA) is 59.0 Å². The molecule has 1 saturated carbocycles. The number of nitrogens with zero attached hydrogens (tertiary/aromatic N) is 2. The van der Waals surface area contributed by atoms with Gasteiger partial charge in [0.2, 0.25) is 5.91 Å². The van der Waals surface area contributed by atoms with E-state index in [2.05, 4.69) is 53.8 Å². The van der Waals surface area contributed by atoms with E-state index in [0.717, 1.165) is 24.9 Å². The number of amides is 1. The molecule has 3 rings (SSSR count). The van der Waals surface area contributed by atoms with Crippen LogP contribution in [-0.4, -0.2) is 34.8 Å². The number of rotatable bonds is 8. The molecule has 1 fully saturated rings. The lowest BCUT2D eigenvalue weighted by atomic mass is 9.96. The Morgan fingerprint density at radius 3 is 2.60 bits per heavy atom. The Labute approximate surface area is 149 Å². The van der Waals surface area contributed by atoms with Crippen LogP contribution in [0.4, 0.5) is 0 Å². The summed E-state index contributed by atoms with van der Waals surface area (Å²) in [5.74, 6) is 0.0536. The van der Waals surface area contributed by atoms with Crippen molar-refractivity contribution in [1.82, 2.24) is 20.4 Å². The highest BCUT2D eigenvalue weighted by Gasteiger charge is 2.44. The van der Waals surface area contributed by atoms with Gasteiger partial charge < -0.3 is 10.6 Å². The van der Waals surface area contributed by atoms with Crippen LogP contribution in [0.1, 0.15) is 43.9 Å². The van der Waals surface area contributed by atoms with Gasteiger partial charge >= 0.3 is 0 Å². The third kappa shape index (κ3) is 4.28. The first-order valence-electron chi connectivity index (χ1n) is 9.06. The highest BCUT2D eigenvalue weighted by atomic mass is 16.1. The summed E-state index contributed by atoms with van der Waals surface area (Å²) in [5, 5.41) is 10.8. The van der Waals surface area contributed by atoms with E-state index in [1.807, 2.05) is 30.1 Å². The van der Waals surface area contributed by atoms with Crippen LogP contribution < -0.4 is 10.6 Å². The van der Waals surface area contributed by atoms with Crippen LogP contribution in [0.25, 0.3) is 0 Å². The van der Waals surface area contributed by atoms with Gasteiger partial charge in [0.25, 0.3) is 0 Å². The van der Waals surface area contributed by atoms with E-state index in [1.54, 1.807) is 0 Å². The van der Waals surface area contributed by atoms with E-state index < -0.39 is 0 Å². The van der Waals surface area contributed by atoms with E-state index in [0.29, 0.717) is 6.54 Å². The van der Waals surface area contributed by atoms with Gasteiger partial charge in [-0.15, -0.1) is 0 Å². The molecule has 25 heavy (non-hydrogen) atoms. The van der Waals surface area contributed by atoms with Crippen molar-refractivity contribution in [1.29, 1.82) is 0 Å². The van der Waals surface area contributed by atoms with Crippen molar-refractivity contribution in [2.45, 2.75) is 51.1 Å². The predicted octanol–water partition coefficient (Wildman–Crippen LogP) is 2.58. The van der Waals surface area contributed by atoms with Crippen LogP contribution in [-0.2, 0) is 10.2 Å². The highest BCUT2D eigenvalue weighted by Crippen LogP contribution is 2.47. The summed E-state index contributed by atoms with van der Waals surface area (Å²) in [6.07, 6.45) is 6.18. The fourth-order valence-corrected chi connectivity index (χ4v) is 3.15. The quantitative estimate of drug-likeness (QED) is 0.776. The number of nitrogens with one attached hydrogen (secondary N) is 2. The maximum absolute atomic E-state index is 12.2. The van der Waals surface area contributed by atoms with Gasteiger partial charge in [-0.2, -0.15) is 5.10 Å². The number of aryl methyl sites for hydroxylation is 1. The lowest BCUT2D eigenvalue weighted by molar-refractivity contribution is -0.120. The van der Waals surface area contributed by atoms with Crippen molar-refractivity contribution in [3.63, 3.8) is 0 Å². The second-order valence-corrected chi connectivity index (χ2v) is 7.33. The molecule has 5 nitrogen and oxygen atoms in total. The average molecular weight is 340 g/mol. The molecule has 134 valence electrons. The maximum Gasteiger partial charge on any atom is 0.233 e. The number of aromatic nitrogens is 2. The zero-order valence-electron chi connectivity index (χ0n) is 15.3. The van der Waals surface area contributed by atoms with Crippen molar-refractivity contribution in [2.24, 2.45) is 0 Å². The fourth-order valence-electron chi connectivity index (χ4n) is 3.15. The Hall–Kier alpha value is -2.14. The molecule has 1 aromatic carbocycles. The van der Waals surface area contributed by atoms with Crippen LogP contribution in [0.2, 0.25) is 0 Å². The summed E-state index contributed by atoms with van der Waals surface area (Å²) < 4.78 is 1.94. The first-order chi connectivity index (χ1) is 12.0. The van der Waals surface area contributed by atoms with E-state index >= 15 is 0 Å². The molecule has 1 heterocycles. The number of hydrogen-bond donors (Lipinski definition) is 2. The Morgan fingerprint density at radius 1 is 1.28 bits per heavy atom. The molecule has 0 radical (unpaired) electrons. The first kappa shape index (κ1) is 17.7. The largest absolute Gasteiger partial charge is 0.354 e. The Morgan fingerprint density at radius 2 is 2.00 bits per heavy atom. The lowest BCUT2D eigenvalue weighted by Gasteiger charge is -2.22. The number of hydrogen-bond acceptors (Lipinski definition) is 3. The van der Waals surface area contributed by atoms with E-state index in [1.165, 1.54) is 5.56 Å². The minimum atomic E-state index is 0.0536. The van der Waals surface area contributed by atoms with E-state index in [4.69, 9.17) is 0 Å². The molecule has 0 bridgehead atoms. The molecular formula is C20H28N4O. The van der Waals surface area contributed by atoms with E-state index in [-0.39, 0.29) is 23.4 Å². The molecule has 1 amide bonds. The van der Waals surface area contributed by atoms with Crippen molar-refractivity contribution < 1.29 is 4.79 Å². The Kier molecular flexibility index (Phi) is 5.23. The molecule has 1 aliphatic carbocycles. The van der Waals surface area contributed by atoms with E-state index in [9.17, 15) is 4.79 Å². The van der Waals surface area contributed by atoms with Crippen LogP contribution in [0.15, 0.2) is 42.7 Å². The number of benzene rings is 1. The predicted molar refractivity (Wildman–Crippen MR) is 99.5 cm³/mol. The normalized spacial score (nSPS) is 17.7. The van der Waals surface area contributed by atoms with Crippen molar-refractivity contribution >= 4 is 5.91 Å². The standard InChI is InChI=1S/C20H28N4O/c1-15-11-23-24(13-15)17(3)16(2)21-12-19(25)22-14-20(9-10-20)18-7-5-4-6-8-18/h4-8,11,13,16-17,21H,9-10,12,14H2,1-3H3,(H,22,25)/t16-,17-/m0/s1. The zero-order chi connectivity index (χ0) is 17.9. The monoisotopic (exact) mass is 340 g/mol. The van der Waals surface area contributed by atoms with Crippen LogP contribution in [0.3, 0.4) is 0 Å². The fraction of sp³-hybridized carbons (Fsp3) is 0.500. The molecular weight excluding hydrogens is 312 g/mol. The molecule has 0 saturated heterocycles. The minimum Gasteiger partial charge on any atom is -0.354 e. The van der Waals surface area contributed by atoms with Crippen molar-refractivity contribution in [3.8, 4) is 0 Å². The summed E-state index contributed by atoms with van der Waals surface area (Å²) >= 11 is 0. The van der Waals surface area contributed by atoms with Gasteiger partial charge in [-0.05, 0) is 44.7 Å². The van der Waals surface area contributed by atoms with Crippen LogP contribution >= 0.6 is 0 Å². The minimum absolute atomic E-state index is 0.0536. The van der Waals surface area contributed by atoms with Crippen molar-refractivity contribution in [3.05, 3.63) is 53.9 Å². The highest BCUT2D eigenvalue weighted by molar-refractivity contribution is 5.78. The molecule has 1 aromatic heterocycles. The summed E-state index contributed by atoms with van der Waals surface area (Å²) in [6, 6.07) is 10.8. The number of carbonyl (C=O) groups excluding carboxylic acids is 1. The molecule has 0 aliphatic heterocycles. The second-order valence-electron chi connectivity index (χ2n) is 7.33. The Balaban J connectivity index is 1.44. The van der Waals surface area contributed by atoms with Gasteiger partial charge in [-0.25, -0.2) is 0 Å². The third-order valence-electron chi connectivity index (χ3n) is 5.32. The van der Waals surface area contributed by atoms with Gasteiger partial charge in [0, 0.05) is 24.2 Å². The molecule has 2 aromatic rings. The van der Waals surface area contributed by atoms with Gasteiger partial charge in [0.05, 0.1) is 18.8 Å². The molecule has 2 atom stereocenters. The molecule has 0 unspecified atom stereocenters. The molecule has 5 heteroatoms. The lowest BCUT2D eigenvalue weighted by Crippen LogP contribution is -2.43. The van der Waals surface area contributed by atoms with Gasteiger partial charge in [0.1, 0.15) is 0 Å². The summed E-state index contributed by atoms with van der Waals surface area (Å²) in [7, 11) is 0. The Bertz CT molecular complexity index is 705. The van der Waals surface area contributed by atoms with Crippen LogP contribution in [0, 0.1) is 6.92 Å². The third-order valence-corrected chi connectivity index (χ3v) is 5.32. The van der Waals surface area contributed by atoms with Gasteiger partial charge in [-0.3, -0.25) is 9.48 Å². The maximum atomic E-state index is 12.2. The smallest absolute Gasteiger partial charge is 0.233 e. The van der Waals surface area contributed by atoms with Gasteiger partial charge in [0.15, 0.2) is 0 Å². The molecule has 1 aliphatic rings. The summed E-state index contributed by atoms with van der Waals surface area (Å²) in [6.45, 7) is 7.27. The number of carbonyl (C=O) groups is 1. The average Bonchev–Trinajstić information content (AvgIpc) is 3.31. The second kappa shape index (κ2) is 7.40. The van der Waals surface area contributed by atoms with Gasteiger partial charge in [-0.1, -0.05) is 30.3 Å². The van der Waals surface area contributed by atoms with Crippen LogP contribution in [0.5, 0.6) is 0 Å². The van der Waals surface area contributed by atoms with Crippen molar-refractivity contribution in [2.75, 3.05) is 13.1 Å². The first-order valence-corrected chi connectivity index (χ1v) is 9.06. The molecule has 0 spiro atoms. The molecule has 2 N–H and O–H groups in total. The summed E-state index contributed by atoms with van der Waals surface area (Å²) in [5.41, 5.74) is 2.63. The SMILES string of the molecule is Cc1cnn([C@@H](C)[C@H](C)NCC(=O)NCC2(c3ccccc3)CC2)c1. The summed E-state index contributed by atoms with van der Waals surface area (Å²) in [4.78, 5) is 12.2. The zero-order valence-corrected chi connectivity index (χ0v) is 15.3.